The van der Waals surface area contributed by atoms with E-state index in [0.29, 0.717) is 5.95 Å². The molecule has 0 bridgehead atoms. The molecule has 4 nitrogen and oxygen atoms in total. The molecule has 1 aliphatic rings. The third-order valence-corrected chi connectivity index (χ3v) is 11.8. The number of nitrogens with zero attached hydrogens (tertiary/aromatic N) is 3. The minimum absolute atomic E-state index is 0.278. The molecule has 10 aromatic rings. The fourth-order valence-electron chi connectivity index (χ4n) is 8.40. The molecule has 11 rings (SSSR count). The first-order chi connectivity index (χ1) is 24.6. The maximum atomic E-state index is 6.21. The summed E-state index contributed by atoms with van der Waals surface area (Å²) in [7, 11) is 0. The molecular formula is C45H29N3OS. The second kappa shape index (κ2) is 10.0. The highest BCUT2D eigenvalue weighted by Gasteiger charge is 2.41. The number of hydrogen-bond donors (Lipinski definition) is 0. The van der Waals surface area contributed by atoms with Crippen molar-refractivity contribution in [1.82, 2.24) is 9.97 Å². The summed E-state index contributed by atoms with van der Waals surface area (Å²) in [6.07, 6.45) is 0. The Bertz CT molecular complexity index is 3040. The van der Waals surface area contributed by atoms with Crippen molar-refractivity contribution in [2.75, 3.05) is 4.90 Å². The summed E-state index contributed by atoms with van der Waals surface area (Å²) >= 11 is 1.87. The lowest BCUT2D eigenvalue weighted by atomic mass is 9.71. The molecule has 4 heterocycles. The van der Waals surface area contributed by atoms with E-state index in [4.69, 9.17) is 14.4 Å². The normalized spacial score (nSPS) is 13.9. The first-order valence-electron chi connectivity index (χ1n) is 17.0. The third-order valence-electron chi connectivity index (χ3n) is 10.6. The van der Waals surface area contributed by atoms with Crippen LogP contribution in [0.5, 0.6) is 0 Å². The topological polar surface area (TPSA) is 42.2 Å². The molecule has 0 spiro atoms. The van der Waals surface area contributed by atoms with Gasteiger partial charge in [0.15, 0.2) is 0 Å². The van der Waals surface area contributed by atoms with Crippen molar-refractivity contribution in [3.05, 3.63) is 151 Å². The summed E-state index contributed by atoms with van der Waals surface area (Å²) < 4.78 is 8.74. The van der Waals surface area contributed by atoms with E-state index < -0.39 is 0 Å². The van der Waals surface area contributed by atoms with E-state index in [2.05, 4.69) is 146 Å². The van der Waals surface area contributed by atoms with Crippen molar-refractivity contribution in [3.8, 4) is 11.3 Å². The van der Waals surface area contributed by atoms with E-state index in [-0.39, 0.29) is 5.41 Å². The number of furan rings is 1. The van der Waals surface area contributed by atoms with Crippen molar-refractivity contribution >= 4 is 92.4 Å². The first kappa shape index (κ1) is 27.9. The minimum Gasteiger partial charge on any atom is -0.456 e. The monoisotopic (exact) mass is 659 g/mol. The van der Waals surface area contributed by atoms with Gasteiger partial charge in [0.05, 0.1) is 27.3 Å². The van der Waals surface area contributed by atoms with Gasteiger partial charge in [0.1, 0.15) is 11.2 Å². The van der Waals surface area contributed by atoms with Gasteiger partial charge < -0.3 is 4.42 Å². The van der Waals surface area contributed by atoms with Gasteiger partial charge in [-0.3, -0.25) is 4.90 Å². The molecule has 0 saturated carbocycles. The largest absolute Gasteiger partial charge is 0.456 e. The fraction of sp³-hybridized carbons (Fsp3) is 0.0667. The zero-order chi connectivity index (χ0) is 33.1. The Labute approximate surface area is 291 Å². The summed E-state index contributed by atoms with van der Waals surface area (Å²) in [6.45, 7) is 4.73. The lowest BCUT2D eigenvalue weighted by Gasteiger charge is -2.42. The summed E-state index contributed by atoms with van der Waals surface area (Å²) in [6, 6.07) is 49.5. The molecule has 0 atom stereocenters. The van der Waals surface area contributed by atoms with Crippen LogP contribution in [0.3, 0.4) is 0 Å². The number of anilines is 3. The number of aromatic nitrogens is 2. The van der Waals surface area contributed by atoms with Gasteiger partial charge in [-0.1, -0.05) is 111 Å². The Morgan fingerprint density at radius 1 is 0.600 bits per heavy atom. The van der Waals surface area contributed by atoms with Crippen LogP contribution in [0.1, 0.15) is 25.0 Å². The SMILES string of the molecule is CC1(C)c2ccccc2N(c2nc(-c3ccc4oc5ccccc5c4c3)c3ccccc3n2)c2c1c1ccccc1c1c2sc2ccccc21. The minimum atomic E-state index is -0.278. The number of thiophene rings is 1. The maximum absolute atomic E-state index is 6.21. The summed E-state index contributed by atoms with van der Waals surface area (Å²) in [5, 5.41) is 8.31. The number of para-hydroxylation sites is 3. The zero-order valence-electron chi connectivity index (χ0n) is 27.4. The van der Waals surface area contributed by atoms with Crippen LogP contribution in [-0.2, 0) is 5.41 Å². The van der Waals surface area contributed by atoms with Gasteiger partial charge in [0.2, 0.25) is 5.95 Å². The average Bonchev–Trinajstić information content (AvgIpc) is 3.73. The van der Waals surface area contributed by atoms with Crippen molar-refractivity contribution in [2.24, 2.45) is 0 Å². The number of benzene rings is 7. The van der Waals surface area contributed by atoms with Gasteiger partial charge in [0.25, 0.3) is 0 Å². The second-order valence-electron chi connectivity index (χ2n) is 13.7. The van der Waals surface area contributed by atoms with Gasteiger partial charge in [-0.25, -0.2) is 9.97 Å². The molecule has 236 valence electrons. The molecule has 3 aromatic heterocycles. The average molecular weight is 660 g/mol. The lowest BCUT2D eigenvalue weighted by molar-refractivity contribution is 0.638. The van der Waals surface area contributed by atoms with E-state index in [9.17, 15) is 0 Å². The Kier molecular flexibility index (Phi) is 5.57. The van der Waals surface area contributed by atoms with Crippen LogP contribution in [0.2, 0.25) is 0 Å². The predicted octanol–water partition coefficient (Wildman–Crippen LogP) is 12.8. The van der Waals surface area contributed by atoms with Crippen LogP contribution in [0.25, 0.3) is 75.0 Å². The van der Waals surface area contributed by atoms with E-state index >= 15 is 0 Å². The highest BCUT2D eigenvalue weighted by Crippen LogP contribution is 2.58. The molecule has 0 unspecified atom stereocenters. The number of rotatable bonds is 2. The molecule has 0 saturated heterocycles. The van der Waals surface area contributed by atoms with Crippen LogP contribution in [0.15, 0.2) is 144 Å². The van der Waals surface area contributed by atoms with E-state index in [0.717, 1.165) is 49.8 Å². The predicted molar refractivity (Wildman–Crippen MR) is 209 cm³/mol. The van der Waals surface area contributed by atoms with Crippen molar-refractivity contribution in [2.45, 2.75) is 19.3 Å². The Hall–Kier alpha value is -6.04. The summed E-state index contributed by atoms with van der Waals surface area (Å²) in [4.78, 5) is 13.3. The van der Waals surface area contributed by atoms with Crippen molar-refractivity contribution in [1.29, 1.82) is 0 Å². The highest BCUT2D eigenvalue weighted by atomic mass is 32.1. The third kappa shape index (κ3) is 3.70. The van der Waals surface area contributed by atoms with Crippen LogP contribution < -0.4 is 4.90 Å². The van der Waals surface area contributed by atoms with E-state index in [1.165, 1.54) is 47.8 Å². The molecule has 0 fully saturated rings. The molecule has 1 aliphatic heterocycles. The first-order valence-corrected chi connectivity index (χ1v) is 17.8. The van der Waals surface area contributed by atoms with Crippen LogP contribution in [0, 0.1) is 0 Å². The zero-order valence-corrected chi connectivity index (χ0v) is 28.3. The summed E-state index contributed by atoms with van der Waals surface area (Å²) in [5.41, 5.74) is 9.14. The maximum Gasteiger partial charge on any atom is 0.235 e. The quantitative estimate of drug-likeness (QED) is 0.185. The Balaban J connectivity index is 1.27. The Morgan fingerprint density at radius 2 is 1.28 bits per heavy atom. The fourth-order valence-corrected chi connectivity index (χ4v) is 9.66. The van der Waals surface area contributed by atoms with Gasteiger partial charge in [0, 0.05) is 42.6 Å². The smallest absolute Gasteiger partial charge is 0.235 e. The van der Waals surface area contributed by atoms with Crippen LogP contribution in [-0.4, -0.2) is 9.97 Å². The Morgan fingerprint density at radius 3 is 2.16 bits per heavy atom. The van der Waals surface area contributed by atoms with Crippen molar-refractivity contribution in [3.63, 3.8) is 0 Å². The van der Waals surface area contributed by atoms with E-state index in [1.54, 1.807) is 0 Å². The molecule has 0 aliphatic carbocycles. The standard InChI is InChI=1S/C45H29N3OS/c1-45(2)33-18-8-10-20-35(33)48(42-40(45)29-15-4-3-14-28(29)39-31-17-7-12-22-38(31)50-43(39)42)44-46-34-19-9-5-16-30(34)41(47-44)26-23-24-37-32(25-26)27-13-6-11-21-36(27)49-37/h3-25H,1-2H3. The van der Waals surface area contributed by atoms with Gasteiger partial charge >= 0.3 is 0 Å². The number of hydrogen-bond acceptors (Lipinski definition) is 5. The lowest BCUT2D eigenvalue weighted by Crippen LogP contribution is -2.31. The molecule has 7 aromatic carbocycles. The van der Waals surface area contributed by atoms with Gasteiger partial charge in [-0.05, 0) is 64.4 Å². The van der Waals surface area contributed by atoms with Gasteiger partial charge in [-0.15, -0.1) is 11.3 Å². The van der Waals surface area contributed by atoms with Crippen molar-refractivity contribution < 1.29 is 4.42 Å². The second-order valence-corrected chi connectivity index (χ2v) is 14.8. The molecular weight excluding hydrogens is 631 g/mol. The number of fused-ring (bicyclic) bond motifs is 13. The summed E-state index contributed by atoms with van der Waals surface area (Å²) in [5.74, 6) is 0.661. The van der Waals surface area contributed by atoms with Crippen LogP contribution in [0.4, 0.5) is 17.3 Å². The van der Waals surface area contributed by atoms with Gasteiger partial charge in [-0.2, -0.15) is 0 Å². The molecule has 0 radical (unpaired) electrons. The van der Waals surface area contributed by atoms with E-state index in [1.807, 2.05) is 23.5 Å². The molecule has 5 heteroatoms. The molecule has 0 amide bonds. The molecule has 50 heavy (non-hydrogen) atoms. The van der Waals surface area contributed by atoms with Crippen LogP contribution >= 0.6 is 11.3 Å². The highest BCUT2D eigenvalue weighted by molar-refractivity contribution is 7.26. The molecule has 0 N–H and O–H groups in total.